The normalized spacial score (nSPS) is 13.4. The summed E-state index contributed by atoms with van der Waals surface area (Å²) < 4.78 is 9.14. The molecule has 0 saturated carbocycles. The van der Waals surface area contributed by atoms with Crippen molar-refractivity contribution in [2.24, 2.45) is 11.5 Å². The largest absolute Gasteiger partial charge is 0.469 e. The monoisotopic (exact) mass is 280 g/mol. The van der Waals surface area contributed by atoms with E-state index in [1.54, 1.807) is 24.3 Å². The van der Waals surface area contributed by atoms with Crippen LogP contribution >= 0.6 is 0 Å². The van der Waals surface area contributed by atoms with Gasteiger partial charge in [0, 0.05) is 12.1 Å². The van der Waals surface area contributed by atoms with E-state index in [-0.39, 0.29) is 24.8 Å². The van der Waals surface area contributed by atoms with E-state index in [1.807, 2.05) is 0 Å². The van der Waals surface area contributed by atoms with Gasteiger partial charge in [0.15, 0.2) is 0 Å². The minimum atomic E-state index is -0.423. The van der Waals surface area contributed by atoms with Crippen LogP contribution in [0.15, 0.2) is 24.3 Å². The number of rotatable bonds is 6. The third-order valence-electron chi connectivity index (χ3n) is 3.02. The first-order chi connectivity index (χ1) is 9.47. The van der Waals surface area contributed by atoms with Gasteiger partial charge in [-0.25, -0.2) is 0 Å². The lowest BCUT2D eigenvalue weighted by Gasteiger charge is -2.14. The lowest BCUT2D eigenvalue weighted by atomic mass is 9.99. The van der Waals surface area contributed by atoms with Gasteiger partial charge in [0.1, 0.15) is 0 Å². The zero-order valence-corrected chi connectivity index (χ0v) is 11.7. The average Bonchev–Trinajstić information content (AvgIpc) is 2.46. The Morgan fingerprint density at radius 1 is 0.900 bits per heavy atom. The van der Waals surface area contributed by atoms with Gasteiger partial charge in [-0.15, -0.1) is 0 Å². The molecule has 110 valence electrons. The average molecular weight is 280 g/mol. The molecule has 6 heteroatoms. The van der Waals surface area contributed by atoms with Gasteiger partial charge < -0.3 is 20.9 Å². The molecule has 0 aliphatic heterocycles. The molecule has 0 fully saturated rings. The minimum Gasteiger partial charge on any atom is -0.469 e. The van der Waals surface area contributed by atoms with E-state index >= 15 is 0 Å². The Morgan fingerprint density at radius 2 is 1.20 bits per heavy atom. The first-order valence-corrected chi connectivity index (χ1v) is 6.22. The first-order valence-electron chi connectivity index (χ1n) is 6.22. The van der Waals surface area contributed by atoms with Crippen molar-refractivity contribution in [3.8, 4) is 0 Å². The molecule has 20 heavy (non-hydrogen) atoms. The Morgan fingerprint density at radius 3 is 1.45 bits per heavy atom. The molecule has 0 amide bonds. The molecule has 1 rings (SSSR count). The molecular formula is C14H20N2O4. The maximum atomic E-state index is 11.2. The number of benzene rings is 1. The molecule has 0 heterocycles. The third kappa shape index (κ3) is 4.64. The fourth-order valence-corrected chi connectivity index (χ4v) is 1.75. The van der Waals surface area contributed by atoms with Gasteiger partial charge in [0.25, 0.3) is 0 Å². The Labute approximate surface area is 118 Å². The highest BCUT2D eigenvalue weighted by Crippen LogP contribution is 2.19. The van der Waals surface area contributed by atoms with Crippen LogP contribution in [0.1, 0.15) is 36.1 Å². The fourth-order valence-electron chi connectivity index (χ4n) is 1.75. The molecule has 0 spiro atoms. The summed E-state index contributed by atoms with van der Waals surface area (Å²) in [6.07, 6.45) is 0.230. The number of hydrogen-bond donors (Lipinski definition) is 2. The molecule has 0 saturated heterocycles. The van der Waals surface area contributed by atoms with Crippen LogP contribution in [0.4, 0.5) is 0 Å². The molecule has 0 radical (unpaired) electrons. The van der Waals surface area contributed by atoms with E-state index in [2.05, 4.69) is 9.47 Å². The Bertz CT molecular complexity index is 416. The summed E-state index contributed by atoms with van der Waals surface area (Å²) in [6, 6.07) is 6.32. The molecule has 2 atom stereocenters. The standard InChI is InChI=1S/C14H20N2O4/c1-19-13(17)7-11(15)9-3-5-10(6-4-9)12(16)8-14(18)20-2/h3-6,11-12H,7-8,15-16H2,1-2H3/t11-,12-/m1/s1. The molecule has 0 aliphatic carbocycles. The van der Waals surface area contributed by atoms with Crippen LogP contribution < -0.4 is 11.5 Å². The van der Waals surface area contributed by atoms with E-state index in [4.69, 9.17) is 11.5 Å². The molecular weight excluding hydrogens is 260 g/mol. The molecule has 1 aromatic carbocycles. The topological polar surface area (TPSA) is 105 Å². The van der Waals surface area contributed by atoms with Crippen molar-refractivity contribution in [1.29, 1.82) is 0 Å². The van der Waals surface area contributed by atoms with E-state index in [0.717, 1.165) is 11.1 Å². The molecule has 0 unspecified atom stereocenters. The molecule has 6 nitrogen and oxygen atoms in total. The maximum Gasteiger partial charge on any atom is 0.307 e. The van der Waals surface area contributed by atoms with Gasteiger partial charge in [0.05, 0.1) is 27.1 Å². The summed E-state index contributed by atoms with van der Waals surface area (Å²) in [5.74, 6) is -0.715. The summed E-state index contributed by atoms with van der Waals surface area (Å²) in [6.45, 7) is 0. The number of esters is 2. The zero-order valence-electron chi connectivity index (χ0n) is 11.7. The number of methoxy groups -OCH3 is 2. The Balaban J connectivity index is 2.68. The van der Waals surface area contributed by atoms with Gasteiger partial charge >= 0.3 is 11.9 Å². The number of carbonyl (C=O) groups excluding carboxylic acids is 2. The van der Waals surface area contributed by atoms with Gasteiger partial charge in [-0.1, -0.05) is 24.3 Å². The SMILES string of the molecule is COC(=O)C[C@@H](N)c1ccc([C@H](N)CC(=O)OC)cc1. The van der Waals surface area contributed by atoms with Crippen molar-refractivity contribution in [2.75, 3.05) is 14.2 Å². The maximum absolute atomic E-state index is 11.2. The van der Waals surface area contributed by atoms with Crippen LogP contribution in [-0.4, -0.2) is 26.2 Å². The van der Waals surface area contributed by atoms with Crippen LogP contribution in [0.3, 0.4) is 0 Å². The van der Waals surface area contributed by atoms with Crippen molar-refractivity contribution in [2.45, 2.75) is 24.9 Å². The highest BCUT2D eigenvalue weighted by Gasteiger charge is 2.14. The van der Waals surface area contributed by atoms with Gasteiger partial charge in [0.2, 0.25) is 0 Å². The van der Waals surface area contributed by atoms with E-state index in [1.165, 1.54) is 14.2 Å². The van der Waals surface area contributed by atoms with Crippen molar-refractivity contribution in [1.82, 2.24) is 0 Å². The molecule has 0 aliphatic rings. The Hall–Kier alpha value is -1.92. The number of carbonyl (C=O) groups is 2. The van der Waals surface area contributed by atoms with E-state index in [0.29, 0.717) is 0 Å². The first kappa shape index (κ1) is 16.1. The van der Waals surface area contributed by atoms with Crippen LogP contribution in [0, 0.1) is 0 Å². The molecule has 1 aromatic rings. The third-order valence-corrected chi connectivity index (χ3v) is 3.02. The zero-order chi connectivity index (χ0) is 15.1. The number of ether oxygens (including phenoxy) is 2. The quantitative estimate of drug-likeness (QED) is 0.747. The molecule has 4 N–H and O–H groups in total. The molecule has 0 bridgehead atoms. The van der Waals surface area contributed by atoms with E-state index in [9.17, 15) is 9.59 Å². The Kier molecular flexibility index (Phi) is 6.14. The van der Waals surface area contributed by atoms with Gasteiger partial charge in [-0.2, -0.15) is 0 Å². The summed E-state index contributed by atoms with van der Waals surface area (Å²) >= 11 is 0. The van der Waals surface area contributed by atoms with E-state index < -0.39 is 12.1 Å². The van der Waals surface area contributed by atoms with Crippen molar-refractivity contribution < 1.29 is 19.1 Å². The second-order valence-corrected chi connectivity index (χ2v) is 4.44. The fraction of sp³-hybridized carbons (Fsp3) is 0.429. The van der Waals surface area contributed by atoms with Gasteiger partial charge in [-0.3, -0.25) is 9.59 Å². The number of hydrogen-bond acceptors (Lipinski definition) is 6. The van der Waals surface area contributed by atoms with Crippen LogP contribution in [-0.2, 0) is 19.1 Å². The summed E-state index contributed by atoms with van der Waals surface area (Å²) in [5, 5.41) is 0. The summed E-state index contributed by atoms with van der Waals surface area (Å²) in [5.41, 5.74) is 13.4. The predicted molar refractivity (Wildman–Crippen MR) is 73.6 cm³/mol. The van der Waals surface area contributed by atoms with Crippen molar-refractivity contribution >= 4 is 11.9 Å². The minimum absolute atomic E-state index is 0.115. The van der Waals surface area contributed by atoms with Gasteiger partial charge in [-0.05, 0) is 11.1 Å². The second-order valence-electron chi connectivity index (χ2n) is 4.44. The number of nitrogens with two attached hydrogens (primary N) is 2. The highest BCUT2D eigenvalue weighted by molar-refractivity contribution is 5.70. The highest BCUT2D eigenvalue weighted by atomic mass is 16.5. The summed E-state index contributed by atoms with van der Waals surface area (Å²) in [7, 11) is 2.65. The smallest absolute Gasteiger partial charge is 0.307 e. The van der Waals surface area contributed by atoms with Crippen molar-refractivity contribution in [3.05, 3.63) is 35.4 Å². The molecule has 0 aromatic heterocycles. The predicted octanol–water partition coefficient (Wildman–Crippen LogP) is 0.812. The summed E-state index contributed by atoms with van der Waals surface area (Å²) in [4.78, 5) is 22.3. The lowest BCUT2D eigenvalue weighted by Crippen LogP contribution is -2.18. The second kappa shape index (κ2) is 7.62. The van der Waals surface area contributed by atoms with Crippen LogP contribution in [0.2, 0.25) is 0 Å². The lowest BCUT2D eigenvalue weighted by molar-refractivity contribution is -0.142. The van der Waals surface area contributed by atoms with Crippen molar-refractivity contribution in [3.63, 3.8) is 0 Å². The van der Waals surface area contributed by atoms with Crippen LogP contribution in [0.25, 0.3) is 0 Å². The van der Waals surface area contributed by atoms with Crippen LogP contribution in [0.5, 0.6) is 0 Å².